The Labute approximate surface area is 134 Å². The summed E-state index contributed by atoms with van der Waals surface area (Å²) in [7, 11) is 0. The van der Waals surface area contributed by atoms with Crippen molar-refractivity contribution < 1.29 is 9.53 Å². The van der Waals surface area contributed by atoms with Gasteiger partial charge in [-0.1, -0.05) is 45.0 Å². The van der Waals surface area contributed by atoms with Crippen molar-refractivity contribution in [3.63, 3.8) is 0 Å². The first-order valence-electron chi connectivity index (χ1n) is 8.14. The molecule has 0 bridgehead atoms. The van der Waals surface area contributed by atoms with Crippen LogP contribution in [-0.2, 0) is 10.2 Å². The molecule has 1 atom stereocenters. The Morgan fingerprint density at radius 1 is 1.18 bits per heavy atom. The van der Waals surface area contributed by atoms with Gasteiger partial charge in [0.05, 0.1) is 0 Å². The Morgan fingerprint density at radius 3 is 2.45 bits per heavy atom. The molecule has 0 N–H and O–H groups in total. The zero-order valence-corrected chi connectivity index (χ0v) is 14.8. The van der Waals surface area contributed by atoms with Gasteiger partial charge in [-0.15, -0.1) is 0 Å². The molecule has 1 fully saturated rings. The highest BCUT2D eigenvalue weighted by molar-refractivity contribution is 5.68. The Morgan fingerprint density at radius 2 is 1.86 bits per heavy atom. The van der Waals surface area contributed by atoms with Gasteiger partial charge < -0.3 is 9.64 Å². The maximum absolute atomic E-state index is 12.2. The zero-order valence-electron chi connectivity index (χ0n) is 14.8. The van der Waals surface area contributed by atoms with Crippen molar-refractivity contribution in [2.45, 2.75) is 64.9 Å². The molecule has 2 rings (SSSR count). The minimum atomic E-state index is -0.429. The number of carbonyl (C=O) groups is 1. The summed E-state index contributed by atoms with van der Waals surface area (Å²) in [5, 5.41) is 0. The topological polar surface area (TPSA) is 29.5 Å². The summed E-state index contributed by atoms with van der Waals surface area (Å²) in [5.74, 6) is 0.412. The Hall–Kier alpha value is -1.51. The maximum Gasteiger partial charge on any atom is 0.410 e. The molecule has 1 aliphatic heterocycles. The number of hydrogen-bond donors (Lipinski definition) is 0. The van der Waals surface area contributed by atoms with Crippen molar-refractivity contribution >= 4 is 6.09 Å². The Bertz CT molecular complexity index is 537. The van der Waals surface area contributed by atoms with Crippen molar-refractivity contribution in [1.82, 2.24) is 4.90 Å². The molecular weight excluding hydrogens is 274 g/mol. The minimum Gasteiger partial charge on any atom is -0.444 e. The van der Waals surface area contributed by atoms with E-state index in [1.54, 1.807) is 0 Å². The van der Waals surface area contributed by atoms with E-state index in [4.69, 9.17) is 4.74 Å². The van der Waals surface area contributed by atoms with Gasteiger partial charge in [0.25, 0.3) is 0 Å². The summed E-state index contributed by atoms with van der Waals surface area (Å²) in [6.45, 7) is 13.9. The molecule has 0 aromatic heterocycles. The second-order valence-corrected chi connectivity index (χ2v) is 8.29. The van der Waals surface area contributed by atoms with Crippen LogP contribution in [0, 0.1) is 0 Å². The maximum atomic E-state index is 12.2. The van der Waals surface area contributed by atoms with Crippen LogP contribution in [0.15, 0.2) is 24.3 Å². The van der Waals surface area contributed by atoms with Crippen LogP contribution in [0.5, 0.6) is 0 Å². The minimum absolute atomic E-state index is 0.152. The molecule has 1 saturated heterocycles. The third-order valence-corrected chi connectivity index (χ3v) is 4.06. The second-order valence-electron chi connectivity index (χ2n) is 8.29. The Kier molecular flexibility index (Phi) is 4.55. The first kappa shape index (κ1) is 16.9. The van der Waals surface area contributed by atoms with Crippen molar-refractivity contribution in [2.24, 2.45) is 0 Å². The van der Waals surface area contributed by atoms with Crippen LogP contribution in [-0.4, -0.2) is 29.7 Å². The highest BCUT2D eigenvalue weighted by Gasteiger charge is 2.30. The molecule has 22 heavy (non-hydrogen) atoms. The summed E-state index contributed by atoms with van der Waals surface area (Å²) >= 11 is 0. The lowest BCUT2D eigenvalue weighted by molar-refractivity contribution is 0.0292. The van der Waals surface area contributed by atoms with Gasteiger partial charge in [-0.05, 0) is 43.7 Å². The molecule has 0 radical (unpaired) electrons. The molecule has 1 aliphatic rings. The summed E-state index contributed by atoms with van der Waals surface area (Å²) in [6, 6.07) is 8.79. The van der Waals surface area contributed by atoms with E-state index in [1.165, 1.54) is 11.1 Å². The lowest BCUT2D eigenvalue weighted by atomic mass is 9.84. The predicted octanol–water partition coefficient (Wildman–Crippen LogP) is 4.71. The predicted molar refractivity (Wildman–Crippen MR) is 90.3 cm³/mol. The van der Waals surface area contributed by atoms with E-state index >= 15 is 0 Å². The summed E-state index contributed by atoms with van der Waals surface area (Å²) in [5.41, 5.74) is 2.40. The summed E-state index contributed by atoms with van der Waals surface area (Å²) in [4.78, 5) is 14.0. The van der Waals surface area contributed by atoms with Crippen molar-refractivity contribution in [1.29, 1.82) is 0 Å². The van der Waals surface area contributed by atoms with Gasteiger partial charge in [0.2, 0.25) is 0 Å². The quantitative estimate of drug-likeness (QED) is 0.752. The fraction of sp³-hybridized carbons (Fsp3) is 0.632. The average Bonchev–Trinajstić information content (AvgIpc) is 2.85. The number of hydrogen-bond acceptors (Lipinski definition) is 2. The molecular formula is C19H29NO2. The fourth-order valence-corrected chi connectivity index (χ4v) is 2.78. The van der Waals surface area contributed by atoms with Crippen LogP contribution >= 0.6 is 0 Å². The molecule has 0 spiro atoms. The number of nitrogens with zero attached hydrogens (tertiary/aromatic N) is 1. The van der Waals surface area contributed by atoms with Crippen molar-refractivity contribution in [2.75, 3.05) is 13.1 Å². The van der Waals surface area contributed by atoms with Crippen LogP contribution in [0.25, 0.3) is 0 Å². The monoisotopic (exact) mass is 303 g/mol. The van der Waals surface area contributed by atoms with Crippen molar-refractivity contribution in [3.05, 3.63) is 35.4 Å². The molecule has 0 saturated carbocycles. The normalized spacial score (nSPS) is 19.4. The van der Waals surface area contributed by atoms with Crippen molar-refractivity contribution in [3.8, 4) is 0 Å². The molecule has 0 aliphatic carbocycles. The molecule has 1 aromatic carbocycles. The average molecular weight is 303 g/mol. The second kappa shape index (κ2) is 5.94. The van der Waals surface area contributed by atoms with Crippen LogP contribution in [0.1, 0.15) is 65.0 Å². The van der Waals surface area contributed by atoms with Gasteiger partial charge >= 0.3 is 6.09 Å². The molecule has 3 nitrogen and oxygen atoms in total. The van der Waals surface area contributed by atoms with E-state index in [9.17, 15) is 4.79 Å². The number of rotatable bonds is 1. The van der Waals surface area contributed by atoms with E-state index in [0.29, 0.717) is 5.92 Å². The van der Waals surface area contributed by atoms with E-state index < -0.39 is 5.60 Å². The summed E-state index contributed by atoms with van der Waals surface area (Å²) < 4.78 is 5.47. The fourth-order valence-electron chi connectivity index (χ4n) is 2.78. The van der Waals surface area contributed by atoms with E-state index in [-0.39, 0.29) is 11.5 Å². The third-order valence-electron chi connectivity index (χ3n) is 4.06. The van der Waals surface area contributed by atoms with Crippen LogP contribution in [0.2, 0.25) is 0 Å². The van der Waals surface area contributed by atoms with E-state index in [1.807, 2.05) is 25.7 Å². The SMILES string of the molecule is CC(C)(C)OC(=O)N1CCC(c2cccc(C(C)(C)C)c2)C1. The Balaban J connectivity index is 2.06. The largest absolute Gasteiger partial charge is 0.444 e. The zero-order chi connectivity index (χ0) is 16.5. The standard InChI is InChI=1S/C19H29NO2/c1-18(2,3)16-9-7-8-14(12-16)15-10-11-20(13-15)17(21)22-19(4,5)6/h7-9,12,15H,10-11,13H2,1-6H3. The molecule has 1 amide bonds. The first-order chi connectivity index (χ1) is 10.1. The number of carbonyl (C=O) groups excluding carboxylic acids is 1. The molecule has 3 heteroatoms. The van der Waals surface area contributed by atoms with Gasteiger partial charge in [0.1, 0.15) is 5.60 Å². The highest BCUT2D eigenvalue weighted by Crippen LogP contribution is 2.31. The lowest BCUT2D eigenvalue weighted by Crippen LogP contribution is -2.35. The summed E-state index contributed by atoms with van der Waals surface area (Å²) in [6.07, 6.45) is 0.814. The molecule has 122 valence electrons. The van der Waals surface area contributed by atoms with Crippen LogP contribution < -0.4 is 0 Å². The molecule has 1 unspecified atom stereocenters. The molecule has 1 heterocycles. The van der Waals surface area contributed by atoms with Gasteiger partial charge in [-0.2, -0.15) is 0 Å². The first-order valence-corrected chi connectivity index (χ1v) is 8.14. The number of amides is 1. The lowest BCUT2D eigenvalue weighted by Gasteiger charge is -2.24. The van der Waals surface area contributed by atoms with Gasteiger partial charge in [0, 0.05) is 19.0 Å². The van der Waals surface area contributed by atoms with Crippen LogP contribution in [0.4, 0.5) is 4.79 Å². The highest BCUT2D eigenvalue weighted by atomic mass is 16.6. The van der Waals surface area contributed by atoms with Gasteiger partial charge in [0.15, 0.2) is 0 Å². The molecule has 1 aromatic rings. The smallest absolute Gasteiger partial charge is 0.410 e. The number of likely N-dealkylation sites (tertiary alicyclic amines) is 1. The van der Waals surface area contributed by atoms with E-state index in [2.05, 4.69) is 45.0 Å². The number of ether oxygens (including phenoxy) is 1. The van der Waals surface area contributed by atoms with Gasteiger partial charge in [-0.25, -0.2) is 4.79 Å². The van der Waals surface area contributed by atoms with Gasteiger partial charge in [-0.3, -0.25) is 0 Å². The number of benzene rings is 1. The third kappa shape index (κ3) is 4.25. The van der Waals surface area contributed by atoms with E-state index in [0.717, 1.165) is 19.5 Å². The van der Waals surface area contributed by atoms with Crippen LogP contribution in [0.3, 0.4) is 0 Å².